The number of carbonyl (C=O) groups is 3. The maximum absolute atomic E-state index is 12.6. The second-order valence-corrected chi connectivity index (χ2v) is 5.50. The number of anilines is 1. The van der Waals surface area contributed by atoms with Crippen LogP contribution in [0.5, 0.6) is 0 Å². The molecule has 5 heteroatoms. The van der Waals surface area contributed by atoms with Crippen LogP contribution >= 0.6 is 0 Å². The van der Waals surface area contributed by atoms with Gasteiger partial charge in [0.15, 0.2) is 0 Å². The van der Waals surface area contributed by atoms with Gasteiger partial charge in [0.05, 0.1) is 16.7 Å². The first-order valence-electron chi connectivity index (χ1n) is 7.07. The standard InChI is InChI=1S/C16H19NO4/c1-4-16(5-2)9-13(18)17(15(16)21)11-7-6-10(3)12(8-11)14(19)20/h6-8H,4-5,9H2,1-3H3,(H,19,20). The molecule has 1 fully saturated rings. The van der Waals surface area contributed by atoms with Crippen molar-refractivity contribution in [3.63, 3.8) is 0 Å². The van der Waals surface area contributed by atoms with Crippen LogP contribution in [0.4, 0.5) is 5.69 Å². The Labute approximate surface area is 123 Å². The number of hydrogen-bond acceptors (Lipinski definition) is 3. The van der Waals surface area contributed by atoms with E-state index in [9.17, 15) is 19.5 Å². The zero-order valence-corrected chi connectivity index (χ0v) is 12.5. The Balaban J connectivity index is 2.48. The predicted octanol–water partition coefficient (Wildman–Crippen LogP) is 2.76. The van der Waals surface area contributed by atoms with Crippen molar-refractivity contribution in [1.29, 1.82) is 0 Å². The highest BCUT2D eigenvalue weighted by atomic mass is 16.4. The number of aryl methyl sites for hydroxylation is 1. The van der Waals surface area contributed by atoms with Gasteiger partial charge in [-0.05, 0) is 37.5 Å². The Hall–Kier alpha value is -2.17. The van der Waals surface area contributed by atoms with Gasteiger partial charge in [-0.1, -0.05) is 19.9 Å². The average molecular weight is 289 g/mol. The van der Waals surface area contributed by atoms with Crippen molar-refractivity contribution in [2.75, 3.05) is 4.90 Å². The summed E-state index contributed by atoms with van der Waals surface area (Å²) in [6.07, 6.45) is 1.39. The molecule has 0 unspecified atom stereocenters. The lowest BCUT2D eigenvalue weighted by Gasteiger charge is -2.23. The fourth-order valence-corrected chi connectivity index (χ4v) is 2.84. The molecule has 0 atom stereocenters. The lowest BCUT2D eigenvalue weighted by atomic mass is 9.81. The zero-order valence-electron chi connectivity index (χ0n) is 12.5. The molecule has 5 nitrogen and oxygen atoms in total. The largest absolute Gasteiger partial charge is 0.478 e. The van der Waals surface area contributed by atoms with Crippen LogP contribution in [-0.2, 0) is 9.59 Å². The summed E-state index contributed by atoms with van der Waals surface area (Å²) >= 11 is 0. The fourth-order valence-electron chi connectivity index (χ4n) is 2.84. The third-order valence-corrected chi connectivity index (χ3v) is 4.46. The second-order valence-electron chi connectivity index (χ2n) is 5.50. The zero-order chi connectivity index (χ0) is 15.8. The van der Waals surface area contributed by atoms with Crippen LogP contribution in [0.25, 0.3) is 0 Å². The number of amides is 2. The van der Waals surface area contributed by atoms with Crippen LogP contribution in [0.2, 0.25) is 0 Å². The molecule has 0 radical (unpaired) electrons. The van der Waals surface area contributed by atoms with Crippen molar-refractivity contribution in [2.45, 2.75) is 40.0 Å². The minimum Gasteiger partial charge on any atom is -0.478 e. The smallest absolute Gasteiger partial charge is 0.336 e. The normalized spacial score (nSPS) is 17.4. The monoisotopic (exact) mass is 289 g/mol. The summed E-state index contributed by atoms with van der Waals surface area (Å²) in [6.45, 7) is 5.48. The van der Waals surface area contributed by atoms with Gasteiger partial charge in [0.1, 0.15) is 0 Å². The number of hydrogen-bond donors (Lipinski definition) is 1. The van der Waals surface area contributed by atoms with Gasteiger partial charge in [-0.2, -0.15) is 0 Å². The SMILES string of the molecule is CCC1(CC)CC(=O)N(c2ccc(C)c(C(=O)O)c2)C1=O. The van der Waals surface area contributed by atoms with Crippen molar-refractivity contribution in [3.8, 4) is 0 Å². The molecule has 1 saturated heterocycles. The Morgan fingerprint density at radius 3 is 2.38 bits per heavy atom. The third-order valence-electron chi connectivity index (χ3n) is 4.46. The van der Waals surface area contributed by atoms with Crippen molar-refractivity contribution in [2.24, 2.45) is 5.41 Å². The molecule has 0 aliphatic carbocycles. The van der Waals surface area contributed by atoms with Gasteiger partial charge in [0, 0.05) is 6.42 Å². The number of benzene rings is 1. The van der Waals surface area contributed by atoms with Crippen LogP contribution in [-0.4, -0.2) is 22.9 Å². The first kappa shape index (κ1) is 15.2. The minimum absolute atomic E-state index is 0.110. The molecule has 1 aliphatic heterocycles. The quantitative estimate of drug-likeness (QED) is 0.865. The molecule has 2 amide bonds. The lowest BCUT2D eigenvalue weighted by Crippen LogP contribution is -2.35. The molecule has 1 heterocycles. The molecule has 1 aromatic carbocycles. The van der Waals surface area contributed by atoms with E-state index >= 15 is 0 Å². The van der Waals surface area contributed by atoms with E-state index < -0.39 is 11.4 Å². The van der Waals surface area contributed by atoms with E-state index in [1.807, 2.05) is 13.8 Å². The highest BCUT2D eigenvalue weighted by Gasteiger charge is 2.49. The molecule has 1 aliphatic rings. The summed E-state index contributed by atoms with van der Waals surface area (Å²) in [5.41, 5.74) is 0.406. The van der Waals surface area contributed by atoms with Crippen molar-refractivity contribution >= 4 is 23.5 Å². The molecule has 0 bridgehead atoms. The summed E-state index contributed by atoms with van der Waals surface area (Å²) in [7, 11) is 0. The van der Waals surface area contributed by atoms with Gasteiger partial charge in [-0.15, -0.1) is 0 Å². The summed E-state index contributed by atoms with van der Waals surface area (Å²) < 4.78 is 0. The summed E-state index contributed by atoms with van der Waals surface area (Å²) in [5.74, 6) is -1.55. The van der Waals surface area contributed by atoms with Crippen LogP contribution < -0.4 is 4.90 Å². The average Bonchev–Trinajstić information content (AvgIpc) is 2.71. The number of aromatic carboxylic acids is 1. The van der Waals surface area contributed by atoms with Gasteiger partial charge >= 0.3 is 5.97 Å². The van der Waals surface area contributed by atoms with Gasteiger partial charge in [-0.3, -0.25) is 14.5 Å². The number of nitrogens with zero attached hydrogens (tertiary/aromatic N) is 1. The van der Waals surface area contributed by atoms with Crippen LogP contribution in [0, 0.1) is 12.3 Å². The molecule has 0 saturated carbocycles. The molecular weight excluding hydrogens is 270 g/mol. The fraction of sp³-hybridized carbons (Fsp3) is 0.438. The number of carboxylic acid groups (broad SMARTS) is 1. The van der Waals surface area contributed by atoms with Gasteiger partial charge in [-0.25, -0.2) is 4.79 Å². The Morgan fingerprint density at radius 1 is 1.29 bits per heavy atom. The van der Waals surface area contributed by atoms with Crippen LogP contribution in [0.3, 0.4) is 0 Å². The van der Waals surface area contributed by atoms with Gasteiger partial charge in [0.2, 0.25) is 11.8 Å². The number of imide groups is 1. The highest BCUT2D eigenvalue weighted by molar-refractivity contribution is 6.22. The summed E-state index contributed by atoms with van der Waals surface area (Å²) in [4.78, 5) is 37.2. The first-order valence-corrected chi connectivity index (χ1v) is 7.07. The lowest BCUT2D eigenvalue weighted by molar-refractivity contribution is -0.126. The Kier molecular flexibility index (Phi) is 3.85. The van der Waals surface area contributed by atoms with E-state index in [0.717, 1.165) is 4.90 Å². The van der Waals surface area contributed by atoms with Crippen molar-refractivity contribution < 1.29 is 19.5 Å². The highest BCUT2D eigenvalue weighted by Crippen LogP contribution is 2.41. The predicted molar refractivity (Wildman–Crippen MR) is 78.3 cm³/mol. The molecule has 112 valence electrons. The van der Waals surface area contributed by atoms with Gasteiger partial charge in [0.25, 0.3) is 0 Å². The van der Waals surface area contributed by atoms with Crippen molar-refractivity contribution in [3.05, 3.63) is 29.3 Å². The molecule has 1 N–H and O–H groups in total. The maximum Gasteiger partial charge on any atom is 0.336 e. The number of rotatable bonds is 4. The van der Waals surface area contributed by atoms with Crippen LogP contribution in [0.15, 0.2) is 18.2 Å². The first-order chi connectivity index (χ1) is 9.86. The minimum atomic E-state index is -1.06. The molecule has 2 rings (SSSR count). The molecule has 21 heavy (non-hydrogen) atoms. The molecular formula is C16H19NO4. The second kappa shape index (κ2) is 5.31. The summed E-state index contributed by atoms with van der Waals surface area (Å²) in [5, 5.41) is 9.17. The van der Waals surface area contributed by atoms with Gasteiger partial charge < -0.3 is 5.11 Å². The van der Waals surface area contributed by atoms with E-state index in [1.165, 1.54) is 6.07 Å². The summed E-state index contributed by atoms with van der Waals surface area (Å²) in [6, 6.07) is 4.64. The van der Waals surface area contributed by atoms with Crippen molar-refractivity contribution in [1.82, 2.24) is 0 Å². The number of carboxylic acids is 1. The van der Waals surface area contributed by atoms with E-state index in [-0.39, 0.29) is 23.8 Å². The third kappa shape index (κ3) is 2.33. The van der Waals surface area contributed by atoms with Crippen LogP contribution in [0.1, 0.15) is 49.0 Å². The molecule has 1 aromatic rings. The van der Waals surface area contributed by atoms with E-state index in [4.69, 9.17) is 0 Å². The molecule has 0 spiro atoms. The van der Waals surface area contributed by atoms with E-state index in [1.54, 1.807) is 19.1 Å². The molecule has 0 aromatic heterocycles. The van der Waals surface area contributed by atoms with E-state index in [2.05, 4.69) is 0 Å². The van der Waals surface area contributed by atoms with E-state index in [0.29, 0.717) is 24.1 Å². The topological polar surface area (TPSA) is 74.7 Å². The Morgan fingerprint density at radius 2 is 1.90 bits per heavy atom. The maximum atomic E-state index is 12.6. The Bertz CT molecular complexity index is 617. The number of carbonyl (C=O) groups excluding carboxylic acids is 2.